The third-order valence-corrected chi connectivity index (χ3v) is 3.63. The SMILES string of the molecule is CCC(N)C(O)c1ccc(Br)c2cccnc12. The fourth-order valence-electron chi connectivity index (χ4n) is 1.85. The molecule has 0 aliphatic rings. The first-order valence-corrected chi connectivity index (χ1v) is 6.41. The molecule has 2 unspecified atom stereocenters. The lowest BCUT2D eigenvalue weighted by molar-refractivity contribution is 0.145. The van der Waals surface area contributed by atoms with Gasteiger partial charge in [0.15, 0.2) is 0 Å². The molecule has 1 aromatic carbocycles. The smallest absolute Gasteiger partial charge is 0.0961 e. The molecule has 3 nitrogen and oxygen atoms in total. The highest BCUT2D eigenvalue weighted by molar-refractivity contribution is 9.10. The molecule has 0 saturated carbocycles. The molecule has 1 heterocycles. The zero-order valence-corrected chi connectivity index (χ0v) is 11.2. The summed E-state index contributed by atoms with van der Waals surface area (Å²) in [7, 11) is 0. The number of nitrogens with two attached hydrogens (primary N) is 1. The van der Waals surface area contributed by atoms with Crippen molar-refractivity contribution in [2.45, 2.75) is 25.5 Å². The van der Waals surface area contributed by atoms with E-state index in [2.05, 4.69) is 20.9 Å². The van der Waals surface area contributed by atoms with Crippen LogP contribution in [-0.2, 0) is 0 Å². The van der Waals surface area contributed by atoms with Crippen LogP contribution in [-0.4, -0.2) is 16.1 Å². The number of hydrogen-bond donors (Lipinski definition) is 2. The molecule has 4 heteroatoms. The van der Waals surface area contributed by atoms with Gasteiger partial charge >= 0.3 is 0 Å². The molecule has 0 fully saturated rings. The second-order valence-corrected chi connectivity index (χ2v) is 4.91. The van der Waals surface area contributed by atoms with Crippen molar-refractivity contribution < 1.29 is 5.11 Å². The van der Waals surface area contributed by atoms with Crippen molar-refractivity contribution in [1.82, 2.24) is 4.98 Å². The average molecular weight is 295 g/mol. The van der Waals surface area contributed by atoms with Crippen LogP contribution in [0, 0.1) is 0 Å². The third-order valence-electron chi connectivity index (χ3n) is 2.94. The summed E-state index contributed by atoms with van der Waals surface area (Å²) in [5, 5.41) is 11.2. The number of nitrogens with zero attached hydrogens (tertiary/aromatic N) is 1. The van der Waals surface area contributed by atoms with Gasteiger partial charge in [0.1, 0.15) is 0 Å². The molecular formula is C13H15BrN2O. The van der Waals surface area contributed by atoms with E-state index in [4.69, 9.17) is 5.73 Å². The lowest BCUT2D eigenvalue weighted by atomic mass is 9.98. The predicted molar refractivity (Wildman–Crippen MR) is 72.7 cm³/mol. The van der Waals surface area contributed by atoms with Crippen LogP contribution in [0.2, 0.25) is 0 Å². The number of benzene rings is 1. The number of aliphatic hydroxyl groups excluding tert-OH is 1. The molecule has 2 rings (SSSR count). The second-order valence-electron chi connectivity index (χ2n) is 4.05. The van der Waals surface area contributed by atoms with Crippen molar-refractivity contribution in [2.75, 3.05) is 0 Å². The van der Waals surface area contributed by atoms with Gasteiger partial charge < -0.3 is 10.8 Å². The molecule has 3 N–H and O–H groups in total. The first-order chi connectivity index (χ1) is 8.15. The van der Waals surface area contributed by atoms with Crippen molar-refractivity contribution in [1.29, 1.82) is 0 Å². The Bertz CT molecular complexity index is 530. The molecule has 0 aliphatic heterocycles. The van der Waals surface area contributed by atoms with Crippen LogP contribution in [0.15, 0.2) is 34.9 Å². The Balaban J connectivity index is 2.59. The maximum atomic E-state index is 10.2. The van der Waals surface area contributed by atoms with Crippen LogP contribution < -0.4 is 5.73 Å². The van der Waals surface area contributed by atoms with Gasteiger partial charge in [0.2, 0.25) is 0 Å². The fraction of sp³-hybridized carbons (Fsp3) is 0.308. The lowest BCUT2D eigenvalue weighted by Gasteiger charge is -2.19. The number of pyridine rings is 1. The number of rotatable bonds is 3. The summed E-state index contributed by atoms with van der Waals surface area (Å²) in [6, 6.07) is 7.38. The van der Waals surface area contributed by atoms with Gasteiger partial charge in [0.05, 0.1) is 11.6 Å². The van der Waals surface area contributed by atoms with Gasteiger partial charge in [0.25, 0.3) is 0 Å². The molecule has 0 spiro atoms. The summed E-state index contributed by atoms with van der Waals surface area (Å²) in [5.41, 5.74) is 7.48. The minimum absolute atomic E-state index is 0.263. The van der Waals surface area contributed by atoms with E-state index >= 15 is 0 Å². The molecule has 0 aliphatic carbocycles. The summed E-state index contributed by atoms with van der Waals surface area (Å²) in [6.07, 6.45) is 1.78. The van der Waals surface area contributed by atoms with Crippen molar-refractivity contribution in [3.05, 3.63) is 40.5 Å². The number of aromatic nitrogens is 1. The molecule has 2 aromatic rings. The van der Waals surface area contributed by atoms with Crippen LogP contribution in [0.3, 0.4) is 0 Å². The van der Waals surface area contributed by atoms with Gasteiger partial charge in [-0.2, -0.15) is 0 Å². The zero-order valence-electron chi connectivity index (χ0n) is 9.60. The normalized spacial score (nSPS) is 14.8. The molecule has 0 saturated heterocycles. The molecular weight excluding hydrogens is 280 g/mol. The van der Waals surface area contributed by atoms with Gasteiger partial charge in [-0.05, 0) is 18.6 Å². The Kier molecular flexibility index (Phi) is 3.76. The Labute approximate surface area is 109 Å². The van der Waals surface area contributed by atoms with Gasteiger partial charge in [-0.15, -0.1) is 0 Å². The highest BCUT2D eigenvalue weighted by atomic mass is 79.9. The second kappa shape index (κ2) is 5.12. The van der Waals surface area contributed by atoms with Gasteiger partial charge in [0, 0.05) is 27.7 Å². The molecule has 17 heavy (non-hydrogen) atoms. The van der Waals surface area contributed by atoms with Crippen LogP contribution in [0.5, 0.6) is 0 Å². The number of halogens is 1. The highest BCUT2D eigenvalue weighted by Gasteiger charge is 2.18. The summed E-state index contributed by atoms with van der Waals surface area (Å²) in [4.78, 5) is 4.33. The topological polar surface area (TPSA) is 59.1 Å². The average Bonchev–Trinajstić information content (AvgIpc) is 2.38. The summed E-state index contributed by atoms with van der Waals surface area (Å²) in [6.45, 7) is 1.96. The molecule has 0 radical (unpaired) electrons. The van der Waals surface area contributed by atoms with Gasteiger partial charge in [-0.25, -0.2) is 0 Å². The van der Waals surface area contributed by atoms with E-state index in [0.29, 0.717) is 0 Å². The van der Waals surface area contributed by atoms with Crippen molar-refractivity contribution in [3.63, 3.8) is 0 Å². The Morgan fingerprint density at radius 2 is 2.18 bits per heavy atom. The molecule has 0 amide bonds. The van der Waals surface area contributed by atoms with Crippen molar-refractivity contribution in [2.24, 2.45) is 5.73 Å². The summed E-state index contributed by atoms with van der Waals surface area (Å²) in [5.74, 6) is 0. The molecule has 1 aromatic heterocycles. The monoisotopic (exact) mass is 294 g/mol. The summed E-state index contributed by atoms with van der Waals surface area (Å²) < 4.78 is 0.974. The van der Waals surface area contributed by atoms with E-state index < -0.39 is 6.10 Å². The quantitative estimate of drug-likeness (QED) is 0.915. The molecule has 2 atom stereocenters. The van der Waals surface area contributed by atoms with Crippen molar-refractivity contribution >= 4 is 26.8 Å². The van der Waals surface area contributed by atoms with E-state index in [1.54, 1.807) is 6.20 Å². The largest absolute Gasteiger partial charge is 0.387 e. The van der Waals surface area contributed by atoms with E-state index in [9.17, 15) is 5.11 Å². The maximum absolute atomic E-state index is 10.2. The highest BCUT2D eigenvalue weighted by Crippen LogP contribution is 2.30. The third kappa shape index (κ3) is 2.34. The van der Waals surface area contributed by atoms with E-state index in [-0.39, 0.29) is 6.04 Å². The van der Waals surface area contributed by atoms with Crippen LogP contribution in [0.25, 0.3) is 10.9 Å². The maximum Gasteiger partial charge on any atom is 0.0961 e. The Morgan fingerprint density at radius 3 is 2.88 bits per heavy atom. The number of fused-ring (bicyclic) bond motifs is 1. The zero-order chi connectivity index (χ0) is 12.4. The molecule has 90 valence electrons. The standard InChI is InChI=1S/C13H15BrN2O/c1-2-11(15)13(17)9-5-6-10(14)8-4-3-7-16-12(8)9/h3-7,11,13,17H,2,15H2,1H3. The van der Waals surface area contributed by atoms with Crippen molar-refractivity contribution in [3.8, 4) is 0 Å². The number of hydrogen-bond acceptors (Lipinski definition) is 3. The van der Waals surface area contributed by atoms with Crippen LogP contribution >= 0.6 is 15.9 Å². The predicted octanol–water partition coefficient (Wildman–Crippen LogP) is 2.77. The van der Waals surface area contributed by atoms with Crippen LogP contribution in [0.1, 0.15) is 25.0 Å². The van der Waals surface area contributed by atoms with E-state index in [0.717, 1.165) is 27.4 Å². The minimum Gasteiger partial charge on any atom is -0.387 e. The Hall–Kier alpha value is -0.970. The Morgan fingerprint density at radius 1 is 1.41 bits per heavy atom. The first kappa shape index (κ1) is 12.5. The molecule has 0 bridgehead atoms. The van der Waals surface area contributed by atoms with E-state index in [1.807, 2.05) is 31.2 Å². The first-order valence-electron chi connectivity index (χ1n) is 5.62. The lowest BCUT2D eigenvalue weighted by Crippen LogP contribution is -2.27. The van der Waals surface area contributed by atoms with Gasteiger partial charge in [-0.3, -0.25) is 4.98 Å². The summed E-state index contributed by atoms with van der Waals surface area (Å²) >= 11 is 3.48. The number of aliphatic hydroxyl groups is 1. The van der Waals surface area contributed by atoms with Crippen LogP contribution in [0.4, 0.5) is 0 Å². The fourth-order valence-corrected chi connectivity index (χ4v) is 2.30. The van der Waals surface area contributed by atoms with E-state index in [1.165, 1.54) is 0 Å². The minimum atomic E-state index is -0.675. The van der Waals surface area contributed by atoms with Gasteiger partial charge in [-0.1, -0.05) is 35.0 Å².